The number of aromatic nitrogens is 2. The zero-order valence-electron chi connectivity index (χ0n) is 15.3. The topological polar surface area (TPSA) is 70.0 Å². The molecule has 5 heteroatoms. The third kappa shape index (κ3) is 1.84. The van der Waals surface area contributed by atoms with Crippen molar-refractivity contribution in [3.8, 4) is 0 Å². The van der Waals surface area contributed by atoms with E-state index in [4.69, 9.17) is 5.73 Å². The first-order chi connectivity index (χ1) is 11.7. The van der Waals surface area contributed by atoms with E-state index >= 15 is 0 Å². The van der Waals surface area contributed by atoms with Crippen molar-refractivity contribution in [3.05, 3.63) is 57.0 Å². The summed E-state index contributed by atoms with van der Waals surface area (Å²) in [4.78, 5) is 24.9. The summed E-state index contributed by atoms with van der Waals surface area (Å²) in [7, 11) is 1.97. The van der Waals surface area contributed by atoms with E-state index in [0.29, 0.717) is 18.0 Å². The predicted molar refractivity (Wildman–Crippen MR) is 96.8 cm³/mol. The van der Waals surface area contributed by atoms with E-state index in [1.807, 2.05) is 23.9 Å². The third-order valence-electron chi connectivity index (χ3n) is 7.11. The lowest BCUT2D eigenvalue weighted by atomic mass is 9.70. The van der Waals surface area contributed by atoms with Crippen LogP contribution >= 0.6 is 0 Å². The van der Waals surface area contributed by atoms with E-state index in [1.54, 1.807) is 16.8 Å². The number of carbonyl (C=O) groups excluding carboxylic acids is 1. The molecule has 0 saturated heterocycles. The van der Waals surface area contributed by atoms with Gasteiger partial charge in [-0.25, -0.2) is 4.68 Å². The third-order valence-corrected chi connectivity index (χ3v) is 7.11. The highest BCUT2D eigenvalue weighted by Gasteiger charge is 2.62. The minimum atomic E-state index is -0.460. The summed E-state index contributed by atoms with van der Waals surface area (Å²) in [6, 6.07) is 7.25. The molecule has 4 rings (SSSR count). The van der Waals surface area contributed by atoms with Gasteiger partial charge in [-0.1, -0.05) is 39.0 Å². The Labute approximate surface area is 147 Å². The van der Waals surface area contributed by atoms with Gasteiger partial charge in [0.2, 0.25) is 5.91 Å². The number of amides is 1. The van der Waals surface area contributed by atoms with Gasteiger partial charge >= 0.3 is 0 Å². The molecule has 1 heterocycles. The maximum absolute atomic E-state index is 13.2. The average molecular weight is 339 g/mol. The van der Waals surface area contributed by atoms with Gasteiger partial charge in [0, 0.05) is 23.6 Å². The van der Waals surface area contributed by atoms with Gasteiger partial charge in [0.25, 0.3) is 5.56 Å². The number of rotatable bonds is 3. The molecule has 5 nitrogen and oxygen atoms in total. The van der Waals surface area contributed by atoms with E-state index in [-0.39, 0.29) is 16.4 Å². The Hall–Kier alpha value is -2.30. The molecule has 2 aliphatic rings. The molecule has 1 fully saturated rings. The summed E-state index contributed by atoms with van der Waals surface area (Å²) in [5.74, 6) is -0.141. The fourth-order valence-corrected chi connectivity index (χ4v) is 5.31. The van der Waals surface area contributed by atoms with E-state index in [0.717, 1.165) is 24.0 Å². The van der Waals surface area contributed by atoms with Crippen LogP contribution in [0.25, 0.3) is 0 Å². The Balaban J connectivity index is 1.86. The van der Waals surface area contributed by atoms with Crippen molar-refractivity contribution < 1.29 is 4.79 Å². The molecule has 0 radical (unpaired) electrons. The van der Waals surface area contributed by atoms with Crippen molar-refractivity contribution in [2.45, 2.75) is 51.5 Å². The largest absolute Gasteiger partial charge is 0.366 e. The molecule has 1 amide bonds. The lowest BCUT2D eigenvalue weighted by Gasteiger charge is -2.36. The Bertz CT molecular complexity index is 950. The highest BCUT2D eigenvalue weighted by atomic mass is 16.1. The van der Waals surface area contributed by atoms with E-state index in [1.165, 1.54) is 5.69 Å². The van der Waals surface area contributed by atoms with Crippen molar-refractivity contribution in [1.29, 1.82) is 0 Å². The zero-order chi connectivity index (χ0) is 18.1. The number of carbonyl (C=O) groups is 1. The molecule has 0 aliphatic heterocycles. The Morgan fingerprint density at radius 3 is 2.60 bits per heavy atom. The first-order valence-electron chi connectivity index (χ1n) is 8.88. The van der Waals surface area contributed by atoms with Crippen molar-refractivity contribution in [3.63, 3.8) is 0 Å². The summed E-state index contributed by atoms with van der Waals surface area (Å²) in [5.41, 5.74) is 9.13. The van der Waals surface area contributed by atoms with Gasteiger partial charge in [0.05, 0.1) is 12.2 Å². The Morgan fingerprint density at radius 1 is 1.28 bits per heavy atom. The van der Waals surface area contributed by atoms with Crippen LogP contribution in [-0.4, -0.2) is 15.3 Å². The molecule has 1 aromatic carbocycles. The van der Waals surface area contributed by atoms with E-state index in [9.17, 15) is 9.59 Å². The molecule has 0 unspecified atom stereocenters. The van der Waals surface area contributed by atoms with Crippen LogP contribution < -0.4 is 11.3 Å². The van der Waals surface area contributed by atoms with Crippen molar-refractivity contribution >= 4 is 5.91 Å². The normalized spacial score (nSPS) is 26.0. The second-order valence-electron chi connectivity index (χ2n) is 8.32. The van der Waals surface area contributed by atoms with Crippen LogP contribution in [-0.2, 0) is 19.0 Å². The van der Waals surface area contributed by atoms with Gasteiger partial charge in [-0.3, -0.25) is 14.3 Å². The number of fused-ring (bicyclic) bond motifs is 5. The first-order valence-corrected chi connectivity index (χ1v) is 8.88. The Kier molecular flexibility index (Phi) is 3.15. The van der Waals surface area contributed by atoms with Crippen LogP contribution in [0.15, 0.2) is 29.1 Å². The van der Waals surface area contributed by atoms with Gasteiger partial charge in [-0.15, -0.1) is 0 Å². The van der Waals surface area contributed by atoms with Gasteiger partial charge in [-0.2, -0.15) is 0 Å². The number of hydrogen-bond acceptors (Lipinski definition) is 2. The zero-order valence-corrected chi connectivity index (χ0v) is 15.3. The fourth-order valence-electron chi connectivity index (χ4n) is 5.31. The van der Waals surface area contributed by atoms with Crippen LogP contribution in [0.5, 0.6) is 0 Å². The smallest absolute Gasteiger partial charge is 0.270 e. The maximum Gasteiger partial charge on any atom is 0.270 e. The second-order valence-corrected chi connectivity index (χ2v) is 8.32. The van der Waals surface area contributed by atoms with Crippen LogP contribution in [0, 0.1) is 5.41 Å². The van der Waals surface area contributed by atoms with Gasteiger partial charge in [0.1, 0.15) is 0 Å². The lowest BCUT2D eigenvalue weighted by Crippen LogP contribution is -2.35. The van der Waals surface area contributed by atoms with Crippen molar-refractivity contribution in [1.82, 2.24) is 9.36 Å². The number of nitrogens with two attached hydrogens (primary N) is 1. The SMILES string of the molecule is Cn1c2c(c(=O)n1Cc1ccccc1C(N)=O)[C@H]1CC[C@]2(C)C1(C)C. The van der Waals surface area contributed by atoms with Crippen LogP contribution in [0.1, 0.15) is 66.7 Å². The molecular formula is C20H25N3O2. The van der Waals surface area contributed by atoms with Crippen molar-refractivity contribution in [2.24, 2.45) is 18.2 Å². The quantitative estimate of drug-likeness (QED) is 0.933. The van der Waals surface area contributed by atoms with Crippen molar-refractivity contribution in [2.75, 3.05) is 0 Å². The van der Waals surface area contributed by atoms with Gasteiger partial charge < -0.3 is 5.73 Å². The minimum Gasteiger partial charge on any atom is -0.366 e. The summed E-state index contributed by atoms with van der Waals surface area (Å²) in [6.07, 6.45) is 2.19. The maximum atomic E-state index is 13.2. The number of benzene rings is 1. The summed E-state index contributed by atoms with van der Waals surface area (Å²) in [6.45, 7) is 7.23. The molecule has 1 saturated carbocycles. The second kappa shape index (κ2) is 4.87. The van der Waals surface area contributed by atoms with Crippen LogP contribution in [0.4, 0.5) is 0 Å². The molecule has 0 spiro atoms. The highest BCUT2D eigenvalue weighted by molar-refractivity contribution is 5.94. The number of primary amides is 1. The van der Waals surface area contributed by atoms with E-state index in [2.05, 4.69) is 20.8 Å². The molecule has 132 valence electrons. The standard InChI is InChI=1S/C20H25N3O2/c1-19(2)14-9-10-20(19,3)16-15(14)18(25)23(22(16)4)11-12-7-5-6-8-13(12)17(21)24/h5-8,14H,9-11H2,1-4H3,(H2,21,24)/t14-,20+/m1/s1. The monoisotopic (exact) mass is 339 g/mol. The molecule has 2 aromatic rings. The fraction of sp³-hybridized carbons (Fsp3) is 0.500. The van der Waals surface area contributed by atoms with Crippen LogP contribution in [0.2, 0.25) is 0 Å². The molecule has 2 atom stereocenters. The lowest BCUT2D eigenvalue weighted by molar-refractivity contribution is 0.0999. The Morgan fingerprint density at radius 2 is 1.96 bits per heavy atom. The summed E-state index contributed by atoms with van der Waals surface area (Å²) >= 11 is 0. The molecule has 2 bridgehead atoms. The first kappa shape index (κ1) is 16.2. The molecule has 25 heavy (non-hydrogen) atoms. The van der Waals surface area contributed by atoms with Gasteiger partial charge in [-0.05, 0) is 35.8 Å². The molecular weight excluding hydrogens is 314 g/mol. The average Bonchev–Trinajstić information content (AvgIpc) is 3.01. The number of hydrogen-bond donors (Lipinski definition) is 1. The summed E-state index contributed by atoms with van der Waals surface area (Å²) < 4.78 is 3.79. The molecule has 2 N–H and O–H groups in total. The molecule has 2 aliphatic carbocycles. The minimum absolute atomic E-state index is 0.0232. The van der Waals surface area contributed by atoms with E-state index < -0.39 is 5.91 Å². The van der Waals surface area contributed by atoms with Gasteiger partial charge in [0.15, 0.2) is 0 Å². The highest BCUT2D eigenvalue weighted by Crippen LogP contribution is 2.66. The summed E-state index contributed by atoms with van der Waals surface area (Å²) in [5, 5.41) is 0. The number of nitrogens with zero attached hydrogens (tertiary/aromatic N) is 2. The molecule has 1 aromatic heterocycles. The predicted octanol–water partition coefficient (Wildman–Crippen LogP) is 2.51. The van der Waals surface area contributed by atoms with Crippen LogP contribution in [0.3, 0.4) is 0 Å².